The molecule has 17 heavy (non-hydrogen) atoms. The second-order valence-electron chi connectivity index (χ2n) is 6.85. The number of hydrogen-bond acceptors (Lipinski definition) is 1. The highest BCUT2D eigenvalue weighted by Crippen LogP contribution is 2.40. The zero-order valence-corrected chi connectivity index (χ0v) is 13.1. The van der Waals surface area contributed by atoms with Crippen LogP contribution in [0.25, 0.3) is 0 Å². The van der Waals surface area contributed by atoms with E-state index in [0.717, 1.165) is 19.3 Å². The van der Waals surface area contributed by atoms with E-state index in [9.17, 15) is 4.79 Å². The van der Waals surface area contributed by atoms with Gasteiger partial charge >= 0.3 is 0 Å². The van der Waals surface area contributed by atoms with E-state index < -0.39 is 0 Å². The van der Waals surface area contributed by atoms with Gasteiger partial charge in [-0.3, -0.25) is 4.79 Å². The largest absolute Gasteiger partial charge is 0.349 e. The highest BCUT2D eigenvalue weighted by molar-refractivity contribution is 5.79. The zero-order chi connectivity index (χ0) is 13.9. The highest BCUT2D eigenvalue weighted by atomic mass is 16.2. The maximum atomic E-state index is 12.4. The van der Waals surface area contributed by atoms with Crippen LogP contribution in [0.4, 0.5) is 0 Å². The van der Waals surface area contributed by atoms with Gasteiger partial charge in [0, 0.05) is 20.0 Å². The molecule has 0 aromatic carbocycles. The van der Waals surface area contributed by atoms with Crippen molar-refractivity contribution in [2.75, 3.05) is 14.1 Å². The SMILES string of the molecule is CCC(C)(C)CC(C(=O)N(C)C)C(C)(C)CC. The Labute approximate surface area is 108 Å². The predicted molar refractivity (Wildman–Crippen MR) is 74.9 cm³/mol. The van der Waals surface area contributed by atoms with E-state index in [2.05, 4.69) is 41.5 Å². The lowest BCUT2D eigenvalue weighted by Crippen LogP contribution is -2.40. The average Bonchev–Trinajstić information content (AvgIpc) is 2.24. The van der Waals surface area contributed by atoms with Crippen molar-refractivity contribution in [3.63, 3.8) is 0 Å². The summed E-state index contributed by atoms with van der Waals surface area (Å²) in [5.74, 6) is 0.399. The van der Waals surface area contributed by atoms with Gasteiger partial charge < -0.3 is 4.90 Å². The van der Waals surface area contributed by atoms with Crippen LogP contribution in [-0.4, -0.2) is 24.9 Å². The fourth-order valence-corrected chi connectivity index (χ4v) is 1.95. The number of carbonyl (C=O) groups is 1. The molecule has 0 aliphatic heterocycles. The third-order valence-corrected chi connectivity index (χ3v) is 4.31. The standard InChI is InChI=1S/C15H31NO/c1-9-14(3,4)11-12(13(17)16(7)8)15(5,6)10-2/h12H,9-11H2,1-8H3. The molecule has 0 N–H and O–H groups in total. The van der Waals surface area contributed by atoms with Crippen LogP contribution < -0.4 is 0 Å². The van der Waals surface area contributed by atoms with Crippen molar-refractivity contribution < 1.29 is 4.79 Å². The molecule has 102 valence electrons. The zero-order valence-electron chi connectivity index (χ0n) is 13.1. The van der Waals surface area contributed by atoms with Crippen molar-refractivity contribution in [2.45, 2.75) is 60.8 Å². The number of rotatable bonds is 6. The number of carbonyl (C=O) groups excluding carboxylic acids is 1. The molecule has 0 heterocycles. The lowest BCUT2D eigenvalue weighted by Gasteiger charge is -2.38. The van der Waals surface area contributed by atoms with Crippen LogP contribution in [0.5, 0.6) is 0 Å². The summed E-state index contributed by atoms with van der Waals surface area (Å²) in [6.45, 7) is 13.3. The van der Waals surface area contributed by atoms with Crippen LogP contribution in [0, 0.1) is 16.7 Å². The van der Waals surface area contributed by atoms with E-state index in [1.54, 1.807) is 4.90 Å². The molecule has 1 amide bonds. The number of amides is 1. The molecule has 0 saturated carbocycles. The minimum atomic E-state index is 0.0772. The lowest BCUT2D eigenvalue weighted by molar-refractivity contribution is -0.138. The minimum Gasteiger partial charge on any atom is -0.349 e. The van der Waals surface area contributed by atoms with E-state index in [4.69, 9.17) is 0 Å². The lowest BCUT2D eigenvalue weighted by atomic mass is 9.68. The molecule has 0 fully saturated rings. The topological polar surface area (TPSA) is 20.3 Å². The Hall–Kier alpha value is -0.530. The first-order valence-electron chi connectivity index (χ1n) is 6.78. The smallest absolute Gasteiger partial charge is 0.225 e. The summed E-state index contributed by atoms with van der Waals surface area (Å²) in [6.07, 6.45) is 3.13. The molecule has 0 aromatic heterocycles. The predicted octanol–water partition coefficient (Wildman–Crippen LogP) is 3.95. The van der Waals surface area contributed by atoms with E-state index >= 15 is 0 Å². The van der Waals surface area contributed by atoms with Gasteiger partial charge in [-0.15, -0.1) is 0 Å². The summed E-state index contributed by atoms with van der Waals surface area (Å²) in [5, 5.41) is 0. The van der Waals surface area contributed by atoms with Crippen LogP contribution in [-0.2, 0) is 4.79 Å². The Kier molecular flexibility index (Phi) is 5.70. The molecular formula is C15H31NO. The van der Waals surface area contributed by atoms with Crippen LogP contribution >= 0.6 is 0 Å². The van der Waals surface area contributed by atoms with E-state index in [1.807, 2.05) is 14.1 Å². The Bertz CT molecular complexity index is 254. The van der Waals surface area contributed by atoms with Crippen LogP contribution in [0.15, 0.2) is 0 Å². The monoisotopic (exact) mass is 241 g/mol. The van der Waals surface area contributed by atoms with Gasteiger partial charge in [0.1, 0.15) is 0 Å². The highest BCUT2D eigenvalue weighted by Gasteiger charge is 2.37. The molecule has 0 aliphatic rings. The molecule has 0 aliphatic carbocycles. The van der Waals surface area contributed by atoms with Crippen molar-refractivity contribution in [1.29, 1.82) is 0 Å². The molecule has 2 heteroatoms. The van der Waals surface area contributed by atoms with Gasteiger partial charge in [-0.25, -0.2) is 0 Å². The fraction of sp³-hybridized carbons (Fsp3) is 0.933. The van der Waals surface area contributed by atoms with Crippen molar-refractivity contribution in [1.82, 2.24) is 4.90 Å². The van der Waals surface area contributed by atoms with Crippen molar-refractivity contribution in [2.24, 2.45) is 16.7 Å². The molecule has 1 unspecified atom stereocenters. The molecular weight excluding hydrogens is 210 g/mol. The summed E-state index contributed by atoms with van der Waals surface area (Å²) in [6, 6.07) is 0. The van der Waals surface area contributed by atoms with Crippen LogP contribution in [0.2, 0.25) is 0 Å². The molecule has 0 bridgehead atoms. The van der Waals surface area contributed by atoms with Crippen LogP contribution in [0.1, 0.15) is 60.8 Å². The molecule has 1 atom stereocenters. The second kappa shape index (κ2) is 5.88. The third kappa shape index (κ3) is 4.69. The summed E-state index contributed by atoms with van der Waals surface area (Å²) in [5.41, 5.74) is 0.316. The third-order valence-electron chi connectivity index (χ3n) is 4.31. The first-order valence-corrected chi connectivity index (χ1v) is 6.78. The van der Waals surface area contributed by atoms with Crippen molar-refractivity contribution >= 4 is 5.91 Å². The van der Waals surface area contributed by atoms with E-state index in [0.29, 0.717) is 0 Å². The molecule has 0 aromatic rings. The Morgan fingerprint density at radius 2 is 1.53 bits per heavy atom. The molecule has 2 nitrogen and oxygen atoms in total. The fourth-order valence-electron chi connectivity index (χ4n) is 1.95. The second-order valence-corrected chi connectivity index (χ2v) is 6.85. The van der Waals surface area contributed by atoms with Gasteiger partial charge in [-0.05, 0) is 17.3 Å². The number of hydrogen-bond donors (Lipinski definition) is 0. The summed E-state index contributed by atoms with van der Waals surface area (Å²) < 4.78 is 0. The van der Waals surface area contributed by atoms with Gasteiger partial charge in [-0.2, -0.15) is 0 Å². The molecule has 0 saturated heterocycles. The van der Waals surface area contributed by atoms with Crippen molar-refractivity contribution in [3.05, 3.63) is 0 Å². The first kappa shape index (κ1) is 16.5. The van der Waals surface area contributed by atoms with Gasteiger partial charge in [0.25, 0.3) is 0 Å². The molecule has 0 rings (SSSR count). The summed E-state index contributed by atoms with van der Waals surface area (Å²) >= 11 is 0. The summed E-state index contributed by atoms with van der Waals surface area (Å²) in [7, 11) is 3.72. The minimum absolute atomic E-state index is 0.0772. The van der Waals surface area contributed by atoms with Gasteiger partial charge in [0.2, 0.25) is 5.91 Å². The Morgan fingerprint density at radius 3 is 1.82 bits per heavy atom. The maximum Gasteiger partial charge on any atom is 0.225 e. The van der Waals surface area contributed by atoms with Gasteiger partial charge in [0.05, 0.1) is 0 Å². The quantitative estimate of drug-likeness (QED) is 0.689. The van der Waals surface area contributed by atoms with E-state index in [1.165, 1.54) is 0 Å². The molecule has 0 spiro atoms. The first-order chi connectivity index (χ1) is 7.57. The van der Waals surface area contributed by atoms with Gasteiger partial charge in [-0.1, -0.05) is 54.4 Å². The van der Waals surface area contributed by atoms with Crippen molar-refractivity contribution in [3.8, 4) is 0 Å². The van der Waals surface area contributed by atoms with E-state index in [-0.39, 0.29) is 22.7 Å². The summed E-state index contributed by atoms with van der Waals surface area (Å²) in [4.78, 5) is 14.1. The normalized spacial score (nSPS) is 14.6. The number of nitrogens with zero attached hydrogens (tertiary/aromatic N) is 1. The van der Waals surface area contributed by atoms with Gasteiger partial charge in [0.15, 0.2) is 0 Å². The average molecular weight is 241 g/mol. The molecule has 0 radical (unpaired) electrons. The Morgan fingerprint density at radius 1 is 1.06 bits per heavy atom. The van der Waals surface area contributed by atoms with Crippen LogP contribution in [0.3, 0.4) is 0 Å². The Balaban J connectivity index is 5.07. The maximum absolute atomic E-state index is 12.4.